The lowest BCUT2D eigenvalue weighted by Crippen LogP contribution is -2.44. The van der Waals surface area contributed by atoms with Crippen LogP contribution in [0.4, 0.5) is 0 Å². The first-order valence-corrected chi connectivity index (χ1v) is 6.37. The van der Waals surface area contributed by atoms with Gasteiger partial charge in [0.05, 0.1) is 19.8 Å². The van der Waals surface area contributed by atoms with Gasteiger partial charge in [0.15, 0.2) is 0 Å². The van der Waals surface area contributed by atoms with Crippen LogP contribution in [0.5, 0.6) is 5.75 Å². The molecule has 104 valence electrons. The van der Waals surface area contributed by atoms with Gasteiger partial charge in [-0.3, -0.25) is 4.79 Å². The van der Waals surface area contributed by atoms with Gasteiger partial charge in [0, 0.05) is 18.7 Å². The van der Waals surface area contributed by atoms with Crippen LogP contribution in [0, 0.1) is 6.92 Å². The minimum Gasteiger partial charge on any atom is -0.496 e. The van der Waals surface area contributed by atoms with E-state index in [-0.39, 0.29) is 18.6 Å². The number of methoxy groups -OCH3 is 1. The highest BCUT2D eigenvalue weighted by atomic mass is 16.5. The summed E-state index contributed by atoms with van der Waals surface area (Å²) in [5.41, 5.74) is 8.28. The van der Waals surface area contributed by atoms with Gasteiger partial charge in [-0.2, -0.15) is 0 Å². The average molecular weight is 264 g/mol. The molecule has 1 atom stereocenters. The molecule has 0 saturated carbocycles. The number of aryl methyl sites for hydroxylation is 1. The molecule has 0 spiro atoms. The van der Waals surface area contributed by atoms with Gasteiger partial charge in [-0.15, -0.1) is 0 Å². The molecule has 0 radical (unpaired) electrons. The van der Waals surface area contributed by atoms with E-state index in [1.807, 2.05) is 25.1 Å². The van der Waals surface area contributed by atoms with Crippen molar-refractivity contribution in [3.05, 3.63) is 29.3 Å². The zero-order chi connectivity index (χ0) is 13.8. The Morgan fingerprint density at radius 2 is 2.32 bits per heavy atom. The number of carbonyl (C=O) groups is 1. The smallest absolute Gasteiger partial charge is 0.248 e. The summed E-state index contributed by atoms with van der Waals surface area (Å²) in [6.45, 7) is 3.82. The first kappa shape index (κ1) is 13.8. The van der Waals surface area contributed by atoms with E-state index in [0.29, 0.717) is 19.7 Å². The summed E-state index contributed by atoms with van der Waals surface area (Å²) in [6.07, 6.45) is 0. The van der Waals surface area contributed by atoms with E-state index >= 15 is 0 Å². The summed E-state index contributed by atoms with van der Waals surface area (Å²) < 4.78 is 10.4. The molecule has 2 N–H and O–H groups in total. The first-order valence-electron chi connectivity index (χ1n) is 6.37. The Bertz CT molecular complexity index is 462. The molecule has 1 aliphatic heterocycles. The van der Waals surface area contributed by atoms with Crippen LogP contribution in [0.2, 0.25) is 0 Å². The van der Waals surface area contributed by atoms with Crippen molar-refractivity contribution < 1.29 is 14.3 Å². The van der Waals surface area contributed by atoms with Crippen molar-refractivity contribution in [3.8, 4) is 5.75 Å². The van der Waals surface area contributed by atoms with Crippen molar-refractivity contribution in [1.29, 1.82) is 0 Å². The number of nitrogens with two attached hydrogens (primary N) is 1. The minimum atomic E-state index is -0.253. The van der Waals surface area contributed by atoms with Crippen LogP contribution in [0.15, 0.2) is 18.2 Å². The molecule has 1 fully saturated rings. The SMILES string of the molecule is COc1ccc(C)cc1C(N)CN1CCOCC1=O. The molecular weight excluding hydrogens is 244 g/mol. The molecule has 1 unspecified atom stereocenters. The Morgan fingerprint density at radius 3 is 3.00 bits per heavy atom. The van der Waals surface area contributed by atoms with Crippen LogP contribution in [0.3, 0.4) is 0 Å². The van der Waals surface area contributed by atoms with Crippen molar-refractivity contribution in [3.63, 3.8) is 0 Å². The number of hydrogen-bond acceptors (Lipinski definition) is 4. The number of ether oxygens (including phenoxy) is 2. The lowest BCUT2D eigenvalue weighted by atomic mass is 10.0. The standard InChI is InChI=1S/C14H20N2O3/c1-10-3-4-13(18-2)11(7-10)12(15)8-16-5-6-19-9-14(16)17/h3-4,7,12H,5-6,8-9,15H2,1-2H3. The van der Waals surface area contributed by atoms with Gasteiger partial charge >= 0.3 is 0 Å². The fourth-order valence-electron chi connectivity index (χ4n) is 2.22. The molecule has 5 nitrogen and oxygen atoms in total. The predicted molar refractivity (Wildman–Crippen MR) is 72.1 cm³/mol. The molecule has 5 heteroatoms. The summed E-state index contributed by atoms with van der Waals surface area (Å²) in [7, 11) is 1.63. The fraction of sp³-hybridized carbons (Fsp3) is 0.500. The monoisotopic (exact) mass is 264 g/mol. The summed E-state index contributed by atoms with van der Waals surface area (Å²) in [5.74, 6) is 0.757. The maximum absolute atomic E-state index is 11.7. The second-order valence-electron chi connectivity index (χ2n) is 4.74. The van der Waals surface area contributed by atoms with Crippen LogP contribution >= 0.6 is 0 Å². The first-order chi connectivity index (χ1) is 9.11. The van der Waals surface area contributed by atoms with Gasteiger partial charge in [0.1, 0.15) is 12.4 Å². The second-order valence-corrected chi connectivity index (χ2v) is 4.74. The molecule has 1 amide bonds. The molecule has 0 bridgehead atoms. The quantitative estimate of drug-likeness (QED) is 0.876. The molecule has 0 aliphatic carbocycles. The number of morpholine rings is 1. The van der Waals surface area contributed by atoms with E-state index in [2.05, 4.69) is 0 Å². The van der Waals surface area contributed by atoms with E-state index in [1.165, 1.54) is 0 Å². The molecule has 0 aromatic heterocycles. The lowest BCUT2D eigenvalue weighted by molar-refractivity contribution is -0.142. The topological polar surface area (TPSA) is 64.8 Å². The van der Waals surface area contributed by atoms with E-state index in [1.54, 1.807) is 12.0 Å². The highest BCUT2D eigenvalue weighted by Crippen LogP contribution is 2.25. The zero-order valence-electron chi connectivity index (χ0n) is 11.4. The Morgan fingerprint density at radius 1 is 1.53 bits per heavy atom. The highest BCUT2D eigenvalue weighted by molar-refractivity contribution is 5.78. The van der Waals surface area contributed by atoms with Crippen molar-refractivity contribution in [1.82, 2.24) is 4.90 Å². The fourth-order valence-corrected chi connectivity index (χ4v) is 2.22. The second kappa shape index (κ2) is 6.04. The van der Waals surface area contributed by atoms with E-state index in [4.69, 9.17) is 15.2 Å². The third-order valence-corrected chi connectivity index (χ3v) is 3.29. The molecule has 1 aromatic carbocycles. The van der Waals surface area contributed by atoms with Gasteiger partial charge in [0.25, 0.3) is 0 Å². The third-order valence-electron chi connectivity index (χ3n) is 3.29. The van der Waals surface area contributed by atoms with Crippen LogP contribution in [0.1, 0.15) is 17.2 Å². The van der Waals surface area contributed by atoms with Gasteiger partial charge in [-0.05, 0) is 13.0 Å². The molecule has 19 heavy (non-hydrogen) atoms. The number of rotatable bonds is 4. The Hall–Kier alpha value is -1.59. The van der Waals surface area contributed by atoms with E-state index in [0.717, 1.165) is 16.9 Å². The van der Waals surface area contributed by atoms with Gasteiger partial charge in [0.2, 0.25) is 5.91 Å². The van der Waals surface area contributed by atoms with Crippen LogP contribution in [0.25, 0.3) is 0 Å². The van der Waals surface area contributed by atoms with Crippen LogP contribution in [-0.4, -0.2) is 44.2 Å². The highest BCUT2D eigenvalue weighted by Gasteiger charge is 2.22. The molecule has 1 heterocycles. The summed E-state index contributed by atoms with van der Waals surface area (Å²) in [4.78, 5) is 13.4. The number of hydrogen-bond donors (Lipinski definition) is 1. The Labute approximate surface area is 113 Å². The molecule has 1 aliphatic rings. The number of nitrogens with zero attached hydrogens (tertiary/aromatic N) is 1. The third kappa shape index (κ3) is 3.24. The normalized spacial score (nSPS) is 17.4. The van der Waals surface area contributed by atoms with Gasteiger partial charge in [-0.1, -0.05) is 17.7 Å². The average Bonchev–Trinajstić information content (AvgIpc) is 2.41. The van der Waals surface area contributed by atoms with E-state index in [9.17, 15) is 4.79 Å². The number of benzene rings is 1. The van der Waals surface area contributed by atoms with Crippen LogP contribution < -0.4 is 10.5 Å². The Balaban J connectivity index is 2.12. The molecule has 2 rings (SSSR count). The summed E-state index contributed by atoms with van der Waals surface area (Å²) in [6, 6.07) is 5.64. The number of carbonyl (C=O) groups excluding carboxylic acids is 1. The van der Waals surface area contributed by atoms with Crippen molar-refractivity contribution in [2.24, 2.45) is 5.73 Å². The predicted octanol–water partition coefficient (Wildman–Crippen LogP) is 0.862. The molecular formula is C14H20N2O3. The molecule has 1 aromatic rings. The summed E-state index contributed by atoms with van der Waals surface area (Å²) in [5, 5.41) is 0. The summed E-state index contributed by atoms with van der Waals surface area (Å²) >= 11 is 0. The van der Waals surface area contributed by atoms with E-state index < -0.39 is 0 Å². The minimum absolute atomic E-state index is 0.00619. The number of amides is 1. The van der Waals surface area contributed by atoms with Crippen molar-refractivity contribution in [2.75, 3.05) is 33.4 Å². The van der Waals surface area contributed by atoms with Crippen molar-refractivity contribution in [2.45, 2.75) is 13.0 Å². The zero-order valence-corrected chi connectivity index (χ0v) is 11.4. The largest absolute Gasteiger partial charge is 0.496 e. The maximum Gasteiger partial charge on any atom is 0.248 e. The lowest BCUT2D eigenvalue weighted by Gasteiger charge is -2.29. The van der Waals surface area contributed by atoms with Crippen molar-refractivity contribution >= 4 is 5.91 Å². The van der Waals surface area contributed by atoms with Gasteiger partial charge in [-0.25, -0.2) is 0 Å². The maximum atomic E-state index is 11.7. The molecule has 1 saturated heterocycles. The van der Waals surface area contributed by atoms with Crippen LogP contribution in [-0.2, 0) is 9.53 Å². The Kier molecular flexibility index (Phi) is 4.39. The van der Waals surface area contributed by atoms with Gasteiger partial charge < -0.3 is 20.1 Å².